The van der Waals surface area contributed by atoms with E-state index in [1.165, 1.54) is 12.0 Å². The number of hydrogen-bond acceptors (Lipinski definition) is 2. The van der Waals surface area contributed by atoms with E-state index in [0.29, 0.717) is 5.92 Å². The summed E-state index contributed by atoms with van der Waals surface area (Å²) in [6.07, 6.45) is 3.38. The van der Waals surface area contributed by atoms with Gasteiger partial charge in [0.2, 0.25) is 0 Å². The summed E-state index contributed by atoms with van der Waals surface area (Å²) in [6, 6.07) is 8.16. The summed E-state index contributed by atoms with van der Waals surface area (Å²) in [7, 11) is 0. The highest BCUT2D eigenvalue weighted by atomic mass is 35.5. The quantitative estimate of drug-likeness (QED) is 0.649. The summed E-state index contributed by atoms with van der Waals surface area (Å²) in [5.74, 6) is 0.472. The Morgan fingerprint density at radius 3 is 2.79 bits per heavy atom. The number of halogens is 1. The van der Waals surface area contributed by atoms with Crippen LogP contribution < -0.4 is 5.32 Å². The third-order valence-electron chi connectivity index (χ3n) is 3.21. The topological polar surface area (TPSA) is 21.3 Å². The number of benzene rings is 1. The predicted molar refractivity (Wildman–Crippen MR) is 83.1 cm³/mol. The minimum absolute atomic E-state index is 0.472. The van der Waals surface area contributed by atoms with E-state index < -0.39 is 0 Å². The molecule has 1 unspecified atom stereocenters. The normalized spacial score (nSPS) is 12.6. The van der Waals surface area contributed by atoms with Crippen LogP contribution in [0.25, 0.3) is 0 Å². The zero-order valence-electron chi connectivity index (χ0n) is 12.1. The second-order valence-electron chi connectivity index (χ2n) is 4.81. The molecule has 0 saturated heterocycles. The molecule has 0 amide bonds. The molecule has 0 aromatic heterocycles. The van der Waals surface area contributed by atoms with Crippen molar-refractivity contribution in [2.45, 2.75) is 39.0 Å². The lowest BCUT2D eigenvalue weighted by molar-refractivity contribution is 0.124. The van der Waals surface area contributed by atoms with Crippen LogP contribution in [0.1, 0.15) is 44.6 Å². The Bertz CT molecular complexity index is 343. The minimum atomic E-state index is 0.472. The van der Waals surface area contributed by atoms with Gasteiger partial charge >= 0.3 is 0 Å². The molecule has 2 nitrogen and oxygen atoms in total. The van der Waals surface area contributed by atoms with Crippen LogP contribution in [-0.4, -0.2) is 26.3 Å². The molecule has 0 aliphatic carbocycles. The Labute approximate surface area is 122 Å². The van der Waals surface area contributed by atoms with Crippen molar-refractivity contribution in [3.05, 3.63) is 34.9 Å². The molecule has 19 heavy (non-hydrogen) atoms. The number of likely N-dealkylation sites (N-methyl/N-ethyl adjacent to an activating group) is 1. The molecule has 0 bridgehead atoms. The molecule has 0 aliphatic rings. The van der Waals surface area contributed by atoms with Crippen molar-refractivity contribution < 1.29 is 4.74 Å². The Balaban J connectivity index is 2.47. The summed E-state index contributed by atoms with van der Waals surface area (Å²) >= 11 is 6.07. The monoisotopic (exact) mass is 283 g/mol. The fourth-order valence-corrected chi connectivity index (χ4v) is 2.24. The molecule has 0 fully saturated rings. The lowest BCUT2D eigenvalue weighted by Gasteiger charge is -2.18. The fraction of sp³-hybridized carbons (Fsp3) is 0.625. The molecular weight excluding hydrogens is 258 g/mol. The van der Waals surface area contributed by atoms with Gasteiger partial charge in [0.05, 0.1) is 0 Å². The smallest absolute Gasteiger partial charge is 0.0472 e. The first kappa shape index (κ1) is 16.5. The lowest BCUT2D eigenvalue weighted by Crippen LogP contribution is -2.22. The SMILES string of the molecule is CCCCOCCC(CNCC)c1cccc(Cl)c1. The first-order chi connectivity index (χ1) is 9.27. The van der Waals surface area contributed by atoms with Gasteiger partial charge in [0, 0.05) is 24.8 Å². The molecule has 1 N–H and O–H groups in total. The summed E-state index contributed by atoms with van der Waals surface area (Å²) in [5, 5.41) is 4.23. The predicted octanol–water partition coefficient (Wildman–Crippen LogP) is 4.24. The van der Waals surface area contributed by atoms with E-state index in [4.69, 9.17) is 16.3 Å². The Morgan fingerprint density at radius 1 is 1.26 bits per heavy atom. The molecular formula is C16H26ClNO. The van der Waals surface area contributed by atoms with Crippen molar-refractivity contribution in [2.75, 3.05) is 26.3 Å². The number of hydrogen-bond donors (Lipinski definition) is 1. The van der Waals surface area contributed by atoms with Gasteiger partial charge in [0.1, 0.15) is 0 Å². The van der Waals surface area contributed by atoms with Gasteiger partial charge in [-0.05, 0) is 43.0 Å². The maximum atomic E-state index is 6.07. The molecule has 0 aliphatic heterocycles. The first-order valence-electron chi connectivity index (χ1n) is 7.31. The van der Waals surface area contributed by atoms with Crippen LogP contribution in [0.4, 0.5) is 0 Å². The summed E-state index contributed by atoms with van der Waals surface area (Å²) in [4.78, 5) is 0. The van der Waals surface area contributed by atoms with Gasteiger partial charge in [-0.3, -0.25) is 0 Å². The van der Waals surface area contributed by atoms with Crippen molar-refractivity contribution in [1.29, 1.82) is 0 Å². The van der Waals surface area contributed by atoms with Gasteiger partial charge in [-0.15, -0.1) is 0 Å². The van der Waals surface area contributed by atoms with Gasteiger partial charge in [0.25, 0.3) is 0 Å². The van der Waals surface area contributed by atoms with Crippen molar-refractivity contribution >= 4 is 11.6 Å². The van der Waals surface area contributed by atoms with E-state index in [9.17, 15) is 0 Å². The van der Waals surface area contributed by atoms with Crippen molar-refractivity contribution in [3.63, 3.8) is 0 Å². The van der Waals surface area contributed by atoms with E-state index in [0.717, 1.165) is 44.2 Å². The summed E-state index contributed by atoms with van der Waals surface area (Å²) < 4.78 is 5.68. The third-order valence-corrected chi connectivity index (χ3v) is 3.45. The molecule has 1 aromatic carbocycles. The molecule has 108 valence electrons. The molecule has 1 aromatic rings. The number of unbranched alkanes of at least 4 members (excludes halogenated alkanes) is 1. The maximum absolute atomic E-state index is 6.07. The van der Waals surface area contributed by atoms with Crippen LogP contribution in [0.5, 0.6) is 0 Å². The Hall–Kier alpha value is -0.570. The molecule has 1 atom stereocenters. The highest BCUT2D eigenvalue weighted by Crippen LogP contribution is 2.22. The van der Waals surface area contributed by atoms with E-state index in [1.54, 1.807) is 0 Å². The zero-order chi connectivity index (χ0) is 13.9. The Morgan fingerprint density at radius 2 is 2.11 bits per heavy atom. The fourth-order valence-electron chi connectivity index (χ4n) is 2.04. The second-order valence-corrected chi connectivity index (χ2v) is 5.25. The van der Waals surface area contributed by atoms with Gasteiger partial charge in [-0.1, -0.05) is 44.0 Å². The number of ether oxygens (including phenoxy) is 1. The molecule has 0 saturated carbocycles. The van der Waals surface area contributed by atoms with Crippen molar-refractivity contribution in [2.24, 2.45) is 0 Å². The highest BCUT2D eigenvalue weighted by molar-refractivity contribution is 6.30. The maximum Gasteiger partial charge on any atom is 0.0472 e. The Kier molecular flexibility index (Phi) is 8.89. The zero-order valence-corrected chi connectivity index (χ0v) is 12.9. The largest absolute Gasteiger partial charge is 0.381 e. The number of rotatable bonds is 10. The van der Waals surface area contributed by atoms with Gasteiger partial charge in [-0.2, -0.15) is 0 Å². The van der Waals surface area contributed by atoms with Crippen LogP contribution in [0.3, 0.4) is 0 Å². The van der Waals surface area contributed by atoms with Gasteiger partial charge in [0.15, 0.2) is 0 Å². The van der Waals surface area contributed by atoms with Crippen molar-refractivity contribution in [3.8, 4) is 0 Å². The molecule has 0 heterocycles. The van der Waals surface area contributed by atoms with Crippen LogP contribution in [0.15, 0.2) is 24.3 Å². The molecule has 0 spiro atoms. The average molecular weight is 284 g/mol. The average Bonchev–Trinajstić information content (AvgIpc) is 2.42. The molecule has 3 heteroatoms. The van der Waals surface area contributed by atoms with E-state index >= 15 is 0 Å². The molecule has 0 radical (unpaired) electrons. The van der Waals surface area contributed by atoms with Crippen LogP contribution in [0, 0.1) is 0 Å². The van der Waals surface area contributed by atoms with Crippen LogP contribution >= 0.6 is 11.6 Å². The van der Waals surface area contributed by atoms with E-state index in [2.05, 4.69) is 31.3 Å². The highest BCUT2D eigenvalue weighted by Gasteiger charge is 2.11. The standard InChI is InChI=1S/C16H26ClNO/c1-3-5-10-19-11-9-15(13-18-4-2)14-7-6-8-16(17)12-14/h6-8,12,15,18H,3-5,9-11,13H2,1-2H3. The van der Waals surface area contributed by atoms with E-state index in [1.807, 2.05) is 12.1 Å². The summed E-state index contributed by atoms with van der Waals surface area (Å²) in [5.41, 5.74) is 1.30. The van der Waals surface area contributed by atoms with Crippen LogP contribution in [-0.2, 0) is 4.74 Å². The first-order valence-corrected chi connectivity index (χ1v) is 7.69. The van der Waals surface area contributed by atoms with Gasteiger partial charge in [-0.25, -0.2) is 0 Å². The summed E-state index contributed by atoms with van der Waals surface area (Å²) in [6.45, 7) is 7.99. The second kappa shape index (κ2) is 10.2. The molecule has 1 rings (SSSR count). The van der Waals surface area contributed by atoms with E-state index in [-0.39, 0.29) is 0 Å². The number of nitrogens with one attached hydrogen (secondary N) is 1. The minimum Gasteiger partial charge on any atom is -0.381 e. The van der Waals surface area contributed by atoms with Gasteiger partial charge < -0.3 is 10.1 Å². The van der Waals surface area contributed by atoms with Crippen LogP contribution in [0.2, 0.25) is 5.02 Å². The van der Waals surface area contributed by atoms with Crippen molar-refractivity contribution in [1.82, 2.24) is 5.32 Å². The third kappa shape index (κ3) is 6.95. The lowest BCUT2D eigenvalue weighted by atomic mass is 9.96.